The molecule has 0 aromatic carbocycles. The number of hydrogen-bond acceptors (Lipinski definition) is 3. The minimum Gasteiger partial charge on any atom is -0.325 e. The topological polar surface area (TPSA) is 56.7 Å². The maximum Gasteiger partial charge on any atom is 0.137 e. The molecule has 4 aliphatic carbocycles. The molecule has 86 valence electrons. The fourth-order valence-electron chi connectivity index (χ4n) is 5.01. The summed E-state index contributed by atoms with van der Waals surface area (Å²) in [6.45, 7) is 0. The molecule has 4 fully saturated rings. The maximum absolute atomic E-state index is 6.55. The van der Waals surface area contributed by atoms with Gasteiger partial charge in [0.25, 0.3) is 0 Å². The first kappa shape index (κ1) is 9.16. The number of rotatable bonds is 1. The largest absolute Gasteiger partial charge is 0.325 e. The molecule has 2 atom stereocenters. The zero-order valence-electron chi connectivity index (χ0n) is 9.47. The van der Waals surface area contributed by atoms with Crippen LogP contribution in [-0.4, -0.2) is 20.3 Å². The lowest BCUT2D eigenvalue weighted by molar-refractivity contribution is -0.0636. The van der Waals surface area contributed by atoms with Crippen molar-refractivity contribution in [3.8, 4) is 0 Å². The monoisotopic (exact) mass is 218 g/mol. The minimum absolute atomic E-state index is 0.0933. The van der Waals surface area contributed by atoms with E-state index in [-0.39, 0.29) is 11.1 Å². The van der Waals surface area contributed by atoms with Crippen LogP contribution in [-0.2, 0) is 5.54 Å². The van der Waals surface area contributed by atoms with E-state index in [4.69, 9.17) is 5.73 Å². The summed E-state index contributed by atoms with van der Waals surface area (Å²) < 4.78 is 2.10. The van der Waals surface area contributed by atoms with Crippen LogP contribution >= 0.6 is 0 Å². The van der Waals surface area contributed by atoms with Crippen molar-refractivity contribution in [2.24, 2.45) is 17.6 Å². The van der Waals surface area contributed by atoms with Crippen molar-refractivity contribution in [3.63, 3.8) is 0 Å². The lowest BCUT2D eigenvalue weighted by atomic mass is 9.50. The van der Waals surface area contributed by atoms with Crippen LogP contribution in [0.2, 0.25) is 0 Å². The van der Waals surface area contributed by atoms with Gasteiger partial charge in [-0.2, -0.15) is 5.10 Å². The van der Waals surface area contributed by atoms with Gasteiger partial charge in [0.15, 0.2) is 0 Å². The summed E-state index contributed by atoms with van der Waals surface area (Å²) in [5.74, 6) is 1.66. The molecule has 0 amide bonds. The number of nitrogens with two attached hydrogens (primary N) is 1. The third kappa shape index (κ3) is 1.08. The lowest BCUT2D eigenvalue weighted by Crippen LogP contribution is -2.63. The Labute approximate surface area is 95.2 Å². The van der Waals surface area contributed by atoms with Gasteiger partial charge in [-0.1, -0.05) is 0 Å². The summed E-state index contributed by atoms with van der Waals surface area (Å²) in [4.78, 5) is 4.11. The Morgan fingerprint density at radius 3 is 2.50 bits per heavy atom. The SMILES string of the molecule is NC12CC3CC(C1)CC(n1cncn1)(C3)C2. The summed E-state index contributed by atoms with van der Waals surface area (Å²) in [5, 5.41) is 4.39. The van der Waals surface area contributed by atoms with E-state index >= 15 is 0 Å². The lowest BCUT2D eigenvalue weighted by Gasteiger charge is -2.60. The molecule has 4 saturated carbocycles. The van der Waals surface area contributed by atoms with E-state index in [0.29, 0.717) is 0 Å². The van der Waals surface area contributed by atoms with E-state index < -0.39 is 0 Å². The van der Waals surface area contributed by atoms with Gasteiger partial charge in [0.1, 0.15) is 12.7 Å². The van der Waals surface area contributed by atoms with Crippen LogP contribution in [0.1, 0.15) is 38.5 Å². The highest BCUT2D eigenvalue weighted by molar-refractivity contribution is 5.12. The third-order valence-corrected chi connectivity index (χ3v) is 4.98. The molecule has 2 N–H and O–H groups in total. The second-order valence-electron chi connectivity index (χ2n) is 6.39. The maximum atomic E-state index is 6.55. The second kappa shape index (κ2) is 2.67. The molecule has 0 spiro atoms. The first-order chi connectivity index (χ1) is 7.68. The van der Waals surface area contributed by atoms with E-state index in [1.165, 1.54) is 32.1 Å². The third-order valence-electron chi connectivity index (χ3n) is 4.98. The number of aromatic nitrogens is 3. The van der Waals surface area contributed by atoms with Crippen LogP contribution < -0.4 is 5.73 Å². The number of hydrogen-bond donors (Lipinski definition) is 1. The van der Waals surface area contributed by atoms with Crippen LogP contribution in [0.25, 0.3) is 0 Å². The van der Waals surface area contributed by atoms with E-state index in [2.05, 4.69) is 14.8 Å². The molecule has 0 radical (unpaired) electrons. The van der Waals surface area contributed by atoms with Gasteiger partial charge in [-0.25, -0.2) is 9.67 Å². The average molecular weight is 218 g/mol. The van der Waals surface area contributed by atoms with Crippen molar-refractivity contribution < 1.29 is 0 Å². The Balaban J connectivity index is 1.80. The fraction of sp³-hybridized carbons (Fsp3) is 0.833. The highest BCUT2D eigenvalue weighted by atomic mass is 15.4. The van der Waals surface area contributed by atoms with Crippen LogP contribution in [0.5, 0.6) is 0 Å². The van der Waals surface area contributed by atoms with Gasteiger partial charge in [0.2, 0.25) is 0 Å². The fourth-order valence-corrected chi connectivity index (χ4v) is 5.01. The van der Waals surface area contributed by atoms with Gasteiger partial charge in [-0.05, 0) is 50.4 Å². The summed E-state index contributed by atoms with van der Waals surface area (Å²) in [5.41, 5.74) is 6.85. The highest BCUT2D eigenvalue weighted by Crippen LogP contribution is 2.59. The Bertz CT molecular complexity index is 397. The van der Waals surface area contributed by atoms with E-state index in [1.54, 1.807) is 6.33 Å². The van der Waals surface area contributed by atoms with Crippen molar-refractivity contribution in [3.05, 3.63) is 12.7 Å². The first-order valence-electron chi connectivity index (χ1n) is 6.32. The molecule has 2 unspecified atom stereocenters. The Morgan fingerprint density at radius 2 is 1.94 bits per heavy atom. The van der Waals surface area contributed by atoms with Gasteiger partial charge in [0.05, 0.1) is 5.54 Å². The summed E-state index contributed by atoms with van der Waals surface area (Å²) in [6.07, 6.45) is 11.1. The zero-order valence-corrected chi connectivity index (χ0v) is 9.47. The molecule has 0 aliphatic heterocycles. The molecule has 1 heterocycles. The predicted octanol–water partition coefficient (Wildman–Crippen LogP) is 1.28. The van der Waals surface area contributed by atoms with Crippen LogP contribution in [0.3, 0.4) is 0 Å². The molecule has 16 heavy (non-hydrogen) atoms. The Morgan fingerprint density at radius 1 is 1.19 bits per heavy atom. The van der Waals surface area contributed by atoms with Crippen molar-refractivity contribution in [1.82, 2.24) is 14.8 Å². The first-order valence-corrected chi connectivity index (χ1v) is 6.32. The molecular formula is C12H18N4. The van der Waals surface area contributed by atoms with Crippen molar-refractivity contribution >= 4 is 0 Å². The van der Waals surface area contributed by atoms with Gasteiger partial charge < -0.3 is 5.73 Å². The summed E-state index contributed by atoms with van der Waals surface area (Å²) in [7, 11) is 0. The van der Waals surface area contributed by atoms with E-state index in [0.717, 1.165) is 18.3 Å². The standard InChI is InChI=1S/C12H18N4/c13-11-2-9-1-10(3-11)5-12(4-9,6-11)16-8-14-7-15-16/h7-10H,1-6,13H2. The quantitative estimate of drug-likeness (QED) is 0.772. The van der Waals surface area contributed by atoms with Gasteiger partial charge in [-0.3, -0.25) is 0 Å². The number of nitrogens with zero attached hydrogens (tertiary/aromatic N) is 3. The van der Waals surface area contributed by atoms with Gasteiger partial charge in [0, 0.05) is 5.54 Å². The molecule has 4 nitrogen and oxygen atoms in total. The van der Waals surface area contributed by atoms with Gasteiger partial charge in [-0.15, -0.1) is 0 Å². The molecular weight excluding hydrogens is 200 g/mol. The summed E-state index contributed by atoms with van der Waals surface area (Å²) >= 11 is 0. The molecule has 4 bridgehead atoms. The molecule has 4 aliphatic rings. The van der Waals surface area contributed by atoms with Crippen LogP contribution in [0.15, 0.2) is 12.7 Å². The van der Waals surface area contributed by atoms with Crippen molar-refractivity contribution in [1.29, 1.82) is 0 Å². The molecule has 0 saturated heterocycles. The van der Waals surface area contributed by atoms with Crippen LogP contribution in [0.4, 0.5) is 0 Å². The normalized spacial score (nSPS) is 49.8. The molecule has 1 aromatic rings. The second-order valence-corrected chi connectivity index (χ2v) is 6.39. The van der Waals surface area contributed by atoms with Crippen LogP contribution in [0, 0.1) is 11.8 Å². The Hall–Kier alpha value is -0.900. The smallest absolute Gasteiger partial charge is 0.137 e. The highest BCUT2D eigenvalue weighted by Gasteiger charge is 2.57. The molecule has 1 aromatic heterocycles. The average Bonchev–Trinajstić information content (AvgIpc) is 2.65. The van der Waals surface area contributed by atoms with Crippen molar-refractivity contribution in [2.45, 2.75) is 49.6 Å². The Kier molecular flexibility index (Phi) is 1.53. The molecule has 5 rings (SSSR count). The zero-order chi connectivity index (χ0) is 10.8. The summed E-state index contributed by atoms with van der Waals surface area (Å²) in [6, 6.07) is 0. The van der Waals surface area contributed by atoms with E-state index in [9.17, 15) is 0 Å². The van der Waals surface area contributed by atoms with Crippen molar-refractivity contribution in [2.75, 3.05) is 0 Å². The van der Waals surface area contributed by atoms with E-state index in [1.807, 2.05) is 6.33 Å². The predicted molar refractivity (Wildman–Crippen MR) is 59.6 cm³/mol. The van der Waals surface area contributed by atoms with Gasteiger partial charge >= 0.3 is 0 Å². The molecule has 4 heteroatoms. The minimum atomic E-state index is 0.0933.